The van der Waals surface area contributed by atoms with Gasteiger partial charge < -0.3 is 5.32 Å². The summed E-state index contributed by atoms with van der Waals surface area (Å²) < 4.78 is 1.88. The molecule has 0 fully saturated rings. The first-order valence-corrected chi connectivity index (χ1v) is 10.7. The van der Waals surface area contributed by atoms with E-state index in [0.29, 0.717) is 12.1 Å². The van der Waals surface area contributed by atoms with Gasteiger partial charge in [0.25, 0.3) is 5.91 Å². The molecule has 0 spiro atoms. The van der Waals surface area contributed by atoms with E-state index in [4.69, 9.17) is 0 Å². The fraction of sp³-hybridized carbons (Fsp3) is 0.174. The van der Waals surface area contributed by atoms with Crippen LogP contribution in [0.25, 0.3) is 11.0 Å². The molecule has 1 N–H and O–H groups in total. The highest BCUT2D eigenvalue weighted by atomic mass is 32.2. The van der Waals surface area contributed by atoms with E-state index >= 15 is 0 Å². The predicted molar refractivity (Wildman–Crippen MR) is 115 cm³/mol. The summed E-state index contributed by atoms with van der Waals surface area (Å²) in [5.41, 5.74) is 4.86. The lowest BCUT2D eigenvalue weighted by molar-refractivity contribution is 0.0935. The van der Waals surface area contributed by atoms with E-state index in [1.807, 2.05) is 77.1 Å². The Balaban J connectivity index is 1.30. The minimum Gasteiger partial charge on any atom is -0.345 e. The fourth-order valence-corrected chi connectivity index (χ4v) is 4.83. The van der Waals surface area contributed by atoms with Crippen LogP contribution in [0, 0.1) is 0 Å². The molecule has 1 atom stereocenters. The van der Waals surface area contributed by atoms with Crippen LogP contribution >= 0.6 is 11.8 Å². The molecule has 5 nitrogen and oxygen atoms in total. The summed E-state index contributed by atoms with van der Waals surface area (Å²) in [5, 5.41) is 11.6. The van der Waals surface area contributed by atoms with Gasteiger partial charge in [-0.15, -0.1) is 16.9 Å². The maximum absolute atomic E-state index is 12.8. The molecule has 0 unspecified atom stereocenters. The average Bonchev–Trinajstić information content (AvgIpc) is 3.17. The largest absolute Gasteiger partial charge is 0.345 e. The van der Waals surface area contributed by atoms with Gasteiger partial charge in [0.15, 0.2) is 0 Å². The average molecular weight is 401 g/mol. The van der Waals surface area contributed by atoms with Crippen LogP contribution in [0.15, 0.2) is 77.7 Å². The summed E-state index contributed by atoms with van der Waals surface area (Å²) in [6, 6.07) is 24.0. The smallest absolute Gasteiger partial charge is 0.251 e. The van der Waals surface area contributed by atoms with Gasteiger partial charge in [0.2, 0.25) is 0 Å². The van der Waals surface area contributed by atoms with Crippen molar-refractivity contribution in [2.45, 2.75) is 23.9 Å². The molecule has 0 bridgehead atoms. The van der Waals surface area contributed by atoms with E-state index in [1.165, 1.54) is 10.5 Å². The second-order valence-electron chi connectivity index (χ2n) is 7.13. The van der Waals surface area contributed by atoms with Gasteiger partial charge in [0, 0.05) is 16.2 Å². The molecule has 4 aromatic rings. The Morgan fingerprint density at radius 3 is 2.72 bits per heavy atom. The number of thioether (sulfide) groups is 1. The number of amides is 1. The quantitative estimate of drug-likeness (QED) is 0.550. The van der Waals surface area contributed by atoms with Crippen molar-refractivity contribution in [2.24, 2.45) is 0 Å². The number of hydrogen-bond donors (Lipinski definition) is 1. The Labute approximate surface area is 173 Å². The normalized spacial score (nSPS) is 15.8. The zero-order valence-electron chi connectivity index (χ0n) is 15.8. The molecule has 1 aromatic heterocycles. The van der Waals surface area contributed by atoms with Gasteiger partial charge in [-0.1, -0.05) is 47.7 Å². The SMILES string of the molecule is O=C(N[C@@H]1CCSc2ccccc21)c1ccc(Cn2nnc3ccccc32)cc1. The molecule has 0 aliphatic carbocycles. The van der Waals surface area contributed by atoms with Crippen molar-refractivity contribution in [3.8, 4) is 0 Å². The molecule has 144 valence electrons. The third kappa shape index (κ3) is 3.63. The highest BCUT2D eigenvalue weighted by molar-refractivity contribution is 7.99. The maximum Gasteiger partial charge on any atom is 0.251 e. The standard InChI is InChI=1S/C23H20N4OS/c28-23(24-19-13-14-29-22-8-4-1-5-18(19)22)17-11-9-16(10-12-17)15-27-21-7-3-2-6-20(21)25-26-27/h1-12,19H,13-15H2,(H,24,28)/t19-/m1/s1. The number of carbonyl (C=O) groups excluding carboxylic acids is 1. The van der Waals surface area contributed by atoms with Crippen LogP contribution in [0.1, 0.15) is 33.9 Å². The Morgan fingerprint density at radius 1 is 1.03 bits per heavy atom. The van der Waals surface area contributed by atoms with Crippen LogP contribution in [-0.4, -0.2) is 26.7 Å². The van der Waals surface area contributed by atoms with Crippen molar-refractivity contribution in [2.75, 3.05) is 5.75 Å². The number of nitrogens with one attached hydrogen (secondary N) is 1. The lowest BCUT2D eigenvalue weighted by Crippen LogP contribution is -2.30. The Hall–Kier alpha value is -3.12. The van der Waals surface area contributed by atoms with Gasteiger partial charge in [-0.25, -0.2) is 4.68 Å². The van der Waals surface area contributed by atoms with Crippen LogP contribution in [0.2, 0.25) is 0 Å². The van der Waals surface area contributed by atoms with Crippen LogP contribution in [-0.2, 0) is 6.54 Å². The van der Waals surface area contributed by atoms with Crippen molar-refractivity contribution < 1.29 is 4.79 Å². The van der Waals surface area contributed by atoms with E-state index in [2.05, 4.69) is 27.8 Å². The molecule has 2 heterocycles. The molecular formula is C23H20N4OS. The summed E-state index contributed by atoms with van der Waals surface area (Å²) in [6.07, 6.45) is 0.949. The summed E-state index contributed by atoms with van der Waals surface area (Å²) in [5.74, 6) is 0.988. The molecular weight excluding hydrogens is 380 g/mol. The molecule has 0 saturated carbocycles. The number of nitrogens with zero attached hydrogens (tertiary/aromatic N) is 3. The van der Waals surface area contributed by atoms with E-state index in [1.54, 1.807) is 0 Å². The van der Waals surface area contributed by atoms with Crippen LogP contribution in [0.3, 0.4) is 0 Å². The Bertz CT molecular complexity index is 1170. The highest BCUT2D eigenvalue weighted by Gasteiger charge is 2.22. The second kappa shape index (κ2) is 7.72. The third-order valence-corrected chi connectivity index (χ3v) is 6.36. The first-order chi connectivity index (χ1) is 14.3. The number of carbonyl (C=O) groups is 1. The van der Waals surface area contributed by atoms with E-state index in [-0.39, 0.29) is 11.9 Å². The molecule has 3 aromatic carbocycles. The van der Waals surface area contributed by atoms with Gasteiger partial charge >= 0.3 is 0 Å². The molecule has 29 heavy (non-hydrogen) atoms. The lowest BCUT2D eigenvalue weighted by atomic mass is 10.0. The monoisotopic (exact) mass is 400 g/mol. The predicted octanol–water partition coefficient (Wildman–Crippen LogP) is 4.45. The summed E-state index contributed by atoms with van der Waals surface area (Å²) in [4.78, 5) is 14.0. The van der Waals surface area contributed by atoms with Crippen LogP contribution in [0.4, 0.5) is 0 Å². The topological polar surface area (TPSA) is 59.8 Å². The van der Waals surface area contributed by atoms with E-state index in [0.717, 1.165) is 28.8 Å². The number of fused-ring (bicyclic) bond motifs is 2. The minimum absolute atomic E-state index is 0.0329. The first kappa shape index (κ1) is 17.9. The summed E-state index contributed by atoms with van der Waals surface area (Å²) in [6.45, 7) is 0.621. The molecule has 0 radical (unpaired) electrons. The van der Waals surface area contributed by atoms with Gasteiger partial charge in [0.05, 0.1) is 18.1 Å². The molecule has 1 amide bonds. The maximum atomic E-state index is 12.8. The molecule has 6 heteroatoms. The number of rotatable bonds is 4. The van der Waals surface area contributed by atoms with Gasteiger partial charge in [-0.3, -0.25) is 4.79 Å². The number of hydrogen-bond acceptors (Lipinski definition) is 4. The Kier molecular flexibility index (Phi) is 4.77. The van der Waals surface area contributed by atoms with Crippen molar-refractivity contribution >= 4 is 28.7 Å². The molecule has 0 saturated heterocycles. The fourth-order valence-electron chi connectivity index (χ4n) is 3.70. The van der Waals surface area contributed by atoms with Crippen molar-refractivity contribution in [3.05, 3.63) is 89.5 Å². The van der Waals surface area contributed by atoms with Gasteiger partial charge in [0.1, 0.15) is 5.52 Å². The number of para-hydroxylation sites is 1. The van der Waals surface area contributed by atoms with Crippen molar-refractivity contribution in [1.82, 2.24) is 20.3 Å². The molecule has 5 rings (SSSR count). The highest BCUT2D eigenvalue weighted by Crippen LogP contribution is 2.35. The van der Waals surface area contributed by atoms with Gasteiger partial charge in [-0.2, -0.15) is 0 Å². The van der Waals surface area contributed by atoms with Crippen LogP contribution < -0.4 is 5.32 Å². The zero-order valence-corrected chi connectivity index (χ0v) is 16.6. The zero-order chi connectivity index (χ0) is 19.6. The van der Waals surface area contributed by atoms with E-state index in [9.17, 15) is 4.79 Å². The van der Waals surface area contributed by atoms with Crippen molar-refractivity contribution in [1.29, 1.82) is 0 Å². The first-order valence-electron chi connectivity index (χ1n) is 9.68. The lowest BCUT2D eigenvalue weighted by Gasteiger charge is -2.25. The third-order valence-electron chi connectivity index (χ3n) is 5.23. The minimum atomic E-state index is -0.0329. The summed E-state index contributed by atoms with van der Waals surface area (Å²) in [7, 11) is 0. The number of benzene rings is 3. The Morgan fingerprint density at radius 2 is 1.83 bits per heavy atom. The van der Waals surface area contributed by atoms with E-state index < -0.39 is 0 Å². The molecule has 1 aliphatic heterocycles. The van der Waals surface area contributed by atoms with Crippen LogP contribution in [0.5, 0.6) is 0 Å². The summed E-state index contributed by atoms with van der Waals surface area (Å²) >= 11 is 1.85. The molecule has 1 aliphatic rings. The van der Waals surface area contributed by atoms with Gasteiger partial charge in [-0.05, 0) is 47.9 Å². The second-order valence-corrected chi connectivity index (χ2v) is 8.27. The van der Waals surface area contributed by atoms with Crippen molar-refractivity contribution in [3.63, 3.8) is 0 Å². The number of aromatic nitrogens is 3.